The van der Waals surface area contributed by atoms with Gasteiger partial charge in [-0.25, -0.2) is 4.98 Å². The van der Waals surface area contributed by atoms with E-state index in [0.717, 1.165) is 12.1 Å². The molecule has 0 fully saturated rings. The summed E-state index contributed by atoms with van der Waals surface area (Å²) < 4.78 is 39.3. The summed E-state index contributed by atoms with van der Waals surface area (Å²) >= 11 is 0. The fourth-order valence-corrected chi connectivity index (χ4v) is 1.94. The van der Waals surface area contributed by atoms with Gasteiger partial charge in [0.2, 0.25) is 0 Å². The van der Waals surface area contributed by atoms with Crippen LogP contribution in [0.15, 0.2) is 18.2 Å². The van der Waals surface area contributed by atoms with Crippen molar-refractivity contribution in [2.24, 2.45) is 0 Å². The number of benzene rings is 1. The molecule has 4 nitrogen and oxygen atoms in total. The molecule has 2 aromatic rings. The standard InChI is InChI=1S/C12H13F3N2O2/c1-7(19)5-17-10-3-2-8(12(13,14)15)4-9(10)16-11(17)6-18/h2-4,7,18-19H,5-6H2,1H3. The molecule has 2 rings (SSSR count). The molecular weight excluding hydrogens is 261 g/mol. The summed E-state index contributed by atoms with van der Waals surface area (Å²) in [4.78, 5) is 3.96. The van der Waals surface area contributed by atoms with Crippen LogP contribution in [0.1, 0.15) is 18.3 Å². The maximum Gasteiger partial charge on any atom is 0.416 e. The molecule has 19 heavy (non-hydrogen) atoms. The van der Waals surface area contributed by atoms with Gasteiger partial charge in [-0.15, -0.1) is 0 Å². The Bertz CT molecular complexity index is 590. The Morgan fingerprint density at radius 1 is 1.37 bits per heavy atom. The Kier molecular flexibility index (Phi) is 3.51. The number of fused-ring (bicyclic) bond motifs is 1. The minimum Gasteiger partial charge on any atom is -0.392 e. The van der Waals surface area contributed by atoms with E-state index in [1.807, 2.05) is 0 Å². The van der Waals surface area contributed by atoms with E-state index in [4.69, 9.17) is 0 Å². The molecule has 2 N–H and O–H groups in total. The van der Waals surface area contributed by atoms with Gasteiger partial charge in [-0.3, -0.25) is 0 Å². The molecule has 1 unspecified atom stereocenters. The van der Waals surface area contributed by atoms with Crippen molar-refractivity contribution in [2.75, 3.05) is 0 Å². The van der Waals surface area contributed by atoms with Gasteiger partial charge in [0, 0.05) is 0 Å². The summed E-state index contributed by atoms with van der Waals surface area (Å²) in [5, 5.41) is 18.6. The molecule has 0 amide bonds. The molecule has 0 spiro atoms. The number of aromatic nitrogens is 2. The second-order valence-electron chi connectivity index (χ2n) is 4.35. The largest absolute Gasteiger partial charge is 0.416 e. The average molecular weight is 274 g/mol. The van der Waals surface area contributed by atoms with Crippen molar-refractivity contribution in [3.63, 3.8) is 0 Å². The van der Waals surface area contributed by atoms with Crippen LogP contribution in [-0.2, 0) is 19.3 Å². The zero-order valence-electron chi connectivity index (χ0n) is 10.1. The molecule has 0 aliphatic heterocycles. The Hall–Kier alpha value is -1.60. The third-order valence-electron chi connectivity index (χ3n) is 2.74. The number of aliphatic hydroxyl groups excluding tert-OH is 2. The van der Waals surface area contributed by atoms with E-state index < -0.39 is 24.5 Å². The van der Waals surface area contributed by atoms with Gasteiger partial charge in [0.05, 0.1) is 29.2 Å². The van der Waals surface area contributed by atoms with E-state index in [-0.39, 0.29) is 17.9 Å². The number of nitrogens with zero attached hydrogens (tertiary/aromatic N) is 2. The highest BCUT2D eigenvalue weighted by atomic mass is 19.4. The molecule has 0 saturated carbocycles. The number of alkyl halides is 3. The third-order valence-corrected chi connectivity index (χ3v) is 2.74. The van der Waals surface area contributed by atoms with Crippen LogP contribution in [0.25, 0.3) is 11.0 Å². The average Bonchev–Trinajstić information content (AvgIpc) is 2.65. The lowest BCUT2D eigenvalue weighted by Crippen LogP contribution is -2.14. The van der Waals surface area contributed by atoms with Gasteiger partial charge in [0.15, 0.2) is 0 Å². The molecule has 1 atom stereocenters. The van der Waals surface area contributed by atoms with Crippen LogP contribution in [-0.4, -0.2) is 25.9 Å². The van der Waals surface area contributed by atoms with Crippen LogP contribution >= 0.6 is 0 Å². The van der Waals surface area contributed by atoms with Gasteiger partial charge in [-0.1, -0.05) is 0 Å². The van der Waals surface area contributed by atoms with Crippen LogP contribution in [0.3, 0.4) is 0 Å². The quantitative estimate of drug-likeness (QED) is 0.899. The maximum atomic E-state index is 12.6. The van der Waals surface area contributed by atoms with Gasteiger partial charge < -0.3 is 14.8 Å². The molecule has 0 aliphatic rings. The van der Waals surface area contributed by atoms with Gasteiger partial charge >= 0.3 is 6.18 Å². The molecule has 104 valence electrons. The SMILES string of the molecule is CC(O)Cn1c(CO)nc2cc(C(F)(F)F)ccc21. The number of imidazole rings is 1. The van der Waals surface area contributed by atoms with Crippen molar-refractivity contribution in [3.8, 4) is 0 Å². The molecule has 0 saturated heterocycles. The van der Waals surface area contributed by atoms with E-state index >= 15 is 0 Å². The van der Waals surface area contributed by atoms with Crippen LogP contribution in [0.4, 0.5) is 13.2 Å². The van der Waals surface area contributed by atoms with Crippen molar-refractivity contribution < 1.29 is 23.4 Å². The van der Waals surface area contributed by atoms with E-state index in [9.17, 15) is 23.4 Å². The molecule has 1 heterocycles. The minimum absolute atomic E-state index is 0.152. The Morgan fingerprint density at radius 3 is 2.58 bits per heavy atom. The van der Waals surface area contributed by atoms with Crippen molar-refractivity contribution in [1.82, 2.24) is 9.55 Å². The van der Waals surface area contributed by atoms with Crippen molar-refractivity contribution in [3.05, 3.63) is 29.6 Å². The van der Waals surface area contributed by atoms with Crippen LogP contribution < -0.4 is 0 Å². The molecule has 1 aromatic heterocycles. The molecule has 1 aromatic carbocycles. The summed E-state index contributed by atoms with van der Waals surface area (Å²) in [6.07, 6.45) is -5.12. The second kappa shape index (κ2) is 4.82. The second-order valence-corrected chi connectivity index (χ2v) is 4.35. The zero-order chi connectivity index (χ0) is 14.2. The lowest BCUT2D eigenvalue weighted by atomic mass is 10.2. The summed E-state index contributed by atoms with van der Waals surface area (Å²) in [5.41, 5.74) is -0.177. The van der Waals surface area contributed by atoms with E-state index in [1.165, 1.54) is 10.6 Å². The topological polar surface area (TPSA) is 58.3 Å². The first kappa shape index (κ1) is 13.8. The van der Waals surface area contributed by atoms with E-state index in [2.05, 4.69) is 4.98 Å². The highest BCUT2D eigenvalue weighted by Crippen LogP contribution is 2.31. The predicted octanol–water partition coefficient (Wildman–Crippen LogP) is 1.93. The minimum atomic E-state index is -4.43. The molecule has 0 aliphatic carbocycles. The number of rotatable bonds is 3. The van der Waals surface area contributed by atoms with Gasteiger partial charge in [0.25, 0.3) is 0 Å². The highest BCUT2D eigenvalue weighted by molar-refractivity contribution is 5.77. The normalized spacial score (nSPS) is 14.0. The smallest absolute Gasteiger partial charge is 0.392 e. The summed E-state index contributed by atoms with van der Waals surface area (Å²) in [7, 11) is 0. The highest BCUT2D eigenvalue weighted by Gasteiger charge is 2.31. The molecular formula is C12H13F3N2O2. The molecule has 0 radical (unpaired) electrons. The zero-order valence-corrected chi connectivity index (χ0v) is 10.1. The lowest BCUT2D eigenvalue weighted by Gasteiger charge is -2.10. The Morgan fingerprint density at radius 2 is 2.05 bits per heavy atom. The number of hydrogen-bond acceptors (Lipinski definition) is 3. The number of aliphatic hydroxyl groups is 2. The lowest BCUT2D eigenvalue weighted by molar-refractivity contribution is -0.137. The summed E-state index contributed by atoms with van der Waals surface area (Å²) in [5.74, 6) is 0.232. The van der Waals surface area contributed by atoms with Gasteiger partial charge in [0.1, 0.15) is 12.4 Å². The van der Waals surface area contributed by atoms with Crippen molar-refractivity contribution in [1.29, 1.82) is 0 Å². The van der Waals surface area contributed by atoms with Crippen LogP contribution in [0.2, 0.25) is 0 Å². The Balaban J connectivity index is 2.57. The molecule has 7 heteroatoms. The monoisotopic (exact) mass is 274 g/mol. The van der Waals surface area contributed by atoms with E-state index in [1.54, 1.807) is 6.92 Å². The van der Waals surface area contributed by atoms with Crippen molar-refractivity contribution in [2.45, 2.75) is 32.4 Å². The van der Waals surface area contributed by atoms with Crippen LogP contribution in [0, 0.1) is 0 Å². The van der Waals surface area contributed by atoms with E-state index in [0.29, 0.717) is 5.52 Å². The summed E-state index contributed by atoms with van der Waals surface area (Å²) in [6.45, 7) is 1.32. The maximum absolute atomic E-state index is 12.6. The fourth-order valence-electron chi connectivity index (χ4n) is 1.94. The fraction of sp³-hybridized carbons (Fsp3) is 0.417. The Labute approximate surface area is 107 Å². The first-order valence-corrected chi connectivity index (χ1v) is 5.68. The predicted molar refractivity (Wildman–Crippen MR) is 62.3 cm³/mol. The third kappa shape index (κ3) is 2.71. The van der Waals surface area contributed by atoms with Gasteiger partial charge in [-0.05, 0) is 25.1 Å². The van der Waals surface area contributed by atoms with Gasteiger partial charge in [-0.2, -0.15) is 13.2 Å². The molecule has 0 bridgehead atoms. The number of hydrogen-bond donors (Lipinski definition) is 2. The first-order valence-electron chi connectivity index (χ1n) is 5.68. The summed E-state index contributed by atoms with van der Waals surface area (Å²) in [6, 6.07) is 3.20. The number of halogens is 3. The first-order chi connectivity index (χ1) is 8.82. The van der Waals surface area contributed by atoms with Crippen LogP contribution in [0.5, 0.6) is 0 Å². The van der Waals surface area contributed by atoms with Crippen molar-refractivity contribution >= 4 is 11.0 Å².